The number of hydrogen-bond donors (Lipinski definition) is 1. The molecule has 5 aromatic rings. The third-order valence-corrected chi connectivity index (χ3v) is 5.78. The van der Waals surface area contributed by atoms with Crippen molar-refractivity contribution < 1.29 is 9.53 Å². The molecule has 3 aromatic heterocycles. The molecule has 3 heterocycles. The third kappa shape index (κ3) is 3.09. The molecule has 0 aliphatic carbocycles. The van der Waals surface area contributed by atoms with Crippen LogP contribution in [-0.2, 0) is 0 Å². The first-order chi connectivity index (χ1) is 14.2. The molecule has 5 nitrogen and oxygen atoms in total. The van der Waals surface area contributed by atoms with Gasteiger partial charge in [-0.2, -0.15) is 0 Å². The molecule has 0 saturated carbocycles. The monoisotopic (exact) mass is 397 g/mol. The number of rotatable bonds is 4. The van der Waals surface area contributed by atoms with E-state index in [4.69, 9.17) is 10.5 Å². The van der Waals surface area contributed by atoms with E-state index in [0.29, 0.717) is 16.4 Å². The summed E-state index contributed by atoms with van der Waals surface area (Å²) >= 11 is 1.40. The van der Waals surface area contributed by atoms with Gasteiger partial charge in [0.25, 0.3) is 5.91 Å². The molecular weight excluding hydrogens is 382 g/mol. The summed E-state index contributed by atoms with van der Waals surface area (Å²) in [6.07, 6.45) is 5.22. The Bertz CT molecular complexity index is 1360. The largest absolute Gasteiger partial charge is 0.445 e. The second-order valence-corrected chi connectivity index (χ2v) is 7.52. The molecule has 0 fully saturated rings. The highest BCUT2D eigenvalue weighted by atomic mass is 32.1. The minimum absolute atomic E-state index is 0.404. The van der Waals surface area contributed by atoms with Gasteiger partial charge in [-0.1, -0.05) is 35.6 Å². The van der Waals surface area contributed by atoms with Crippen LogP contribution in [0.5, 0.6) is 10.8 Å². The van der Waals surface area contributed by atoms with Crippen molar-refractivity contribution in [2.24, 2.45) is 5.73 Å². The fraction of sp³-hybridized carbons (Fsp3) is 0. The highest BCUT2D eigenvalue weighted by Crippen LogP contribution is 2.41. The zero-order chi connectivity index (χ0) is 19.8. The van der Waals surface area contributed by atoms with E-state index < -0.39 is 5.91 Å². The van der Waals surface area contributed by atoms with E-state index in [1.807, 2.05) is 54.6 Å². The van der Waals surface area contributed by atoms with Crippen molar-refractivity contribution in [1.29, 1.82) is 0 Å². The summed E-state index contributed by atoms with van der Waals surface area (Å²) in [6.45, 7) is 0. The van der Waals surface area contributed by atoms with Crippen LogP contribution in [-0.4, -0.2) is 15.9 Å². The second kappa shape index (κ2) is 7.00. The standard InChI is InChI=1S/C23H15N3O2S/c24-22(27)21-16-3-1-2-4-20(16)29-23(21)28-19-9-12-26-18-6-5-15(13-17(18)19)14-7-10-25-11-8-14/h1-13H,(H2,24,27). The van der Waals surface area contributed by atoms with E-state index in [0.717, 1.165) is 32.1 Å². The van der Waals surface area contributed by atoms with Crippen molar-refractivity contribution in [3.8, 4) is 21.9 Å². The van der Waals surface area contributed by atoms with Crippen LogP contribution in [0.1, 0.15) is 10.4 Å². The lowest BCUT2D eigenvalue weighted by molar-refractivity contribution is 0.100. The minimum atomic E-state index is -0.506. The number of carbonyl (C=O) groups excluding carboxylic acids is 1. The number of nitrogens with two attached hydrogens (primary N) is 1. The van der Waals surface area contributed by atoms with E-state index in [-0.39, 0.29) is 0 Å². The van der Waals surface area contributed by atoms with Crippen molar-refractivity contribution in [3.63, 3.8) is 0 Å². The van der Waals surface area contributed by atoms with Crippen LogP contribution < -0.4 is 10.5 Å². The van der Waals surface area contributed by atoms with Gasteiger partial charge in [0, 0.05) is 34.1 Å². The van der Waals surface area contributed by atoms with Crippen LogP contribution in [0.15, 0.2) is 79.3 Å². The molecule has 0 spiro atoms. The van der Waals surface area contributed by atoms with E-state index in [9.17, 15) is 4.79 Å². The van der Waals surface area contributed by atoms with Crippen LogP contribution in [0, 0.1) is 0 Å². The first-order valence-corrected chi connectivity index (χ1v) is 9.81. The summed E-state index contributed by atoms with van der Waals surface area (Å²) < 4.78 is 7.18. The van der Waals surface area contributed by atoms with Gasteiger partial charge in [0.2, 0.25) is 0 Å². The summed E-state index contributed by atoms with van der Waals surface area (Å²) in [6, 6.07) is 19.4. The molecule has 5 rings (SSSR count). The van der Waals surface area contributed by atoms with Gasteiger partial charge >= 0.3 is 0 Å². The summed E-state index contributed by atoms with van der Waals surface area (Å²) in [7, 11) is 0. The molecule has 140 valence electrons. The second-order valence-electron chi connectivity index (χ2n) is 6.50. The zero-order valence-electron chi connectivity index (χ0n) is 15.2. The lowest BCUT2D eigenvalue weighted by Crippen LogP contribution is -2.11. The van der Waals surface area contributed by atoms with Crippen molar-refractivity contribution >= 4 is 38.2 Å². The Hall–Kier alpha value is -3.77. The van der Waals surface area contributed by atoms with Gasteiger partial charge in [0.15, 0.2) is 5.06 Å². The van der Waals surface area contributed by atoms with Gasteiger partial charge < -0.3 is 10.5 Å². The quantitative estimate of drug-likeness (QED) is 0.440. The van der Waals surface area contributed by atoms with Crippen molar-refractivity contribution in [3.05, 3.63) is 84.8 Å². The number of benzene rings is 2. The first-order valence-electron chi connectivity index (χ1n) is 8.99. The molecule has 0 radical (unpaired) electrons. The lowest BCUT2D eigenvalue weighted by Gasteiger charge is -2.10. The molecule has 0 bridgehead atoms. The topological polar surface area (TPSA) is 78.1 Å². The van der Waals surface area contributed by atoms with Crippen LogP contribution in [0.4, 0.5) is 0 Å². The highest BCUT2D eigenvalue weighted by Gasteiger charge is 2.19. The Labute approximate surface area is 170 Å². The maximum Gasteiger partial charge on any atom is 0.254 e. The molecular formula is C23H15N3O2S. The molecule has 29 heavy (non-hydrogen) atoms. The number of amides is 1. The van der Waals surface area contributed by atoms with Crippen molar-refractivity contribution in [2.75, 3.05) is 0 Å². The van der Waals surface area contributed by atoms with E-state index in [1.54, 1.807) is 24.7 Å². The van der Waals surface area contributed by atoms with Gasteiger partial charge in [-0.05, 0) is 47.5 Å². The summed E-state index contributed by atoms with van der Waals surface area (Å²) in [5.41, 5.74) is 8.96. The SMILES string of the molecule is NC(=O)c1c(Oc2ccnc3ccc(-c4ccncc4)cc23)sc2ccccc12. The molecule has 0 atom stereocenters. The predicted molar refractivity (Wildman–Crippen MR) is 115 cm³/mol. The van der Waals surface area contributed by atoms with Gasteiger partial charge in [0.05, 0.1) is 5.52 Å². The van der Waals surface area contributed by atoms with E-state index in [2.05, 4.69) is 9.97 Å². The van der Waals surface area contributed by atoms with Crippen LogP contribution in [0.2, 0.25) is 0 Å². The predicted octanol–water partition coefficient (Wildman–Crippen LogP) is 5.40. The van der Waals surface area contributed by atoms with Gasteiger partial charge in [0.1, 0.15) is 11.3 Å². The van der Waals surface area contributed by atoms with Crippen molar-refractivity contribution in [2.45, 2.75) is 0 Å². The number of primary amides is 1. The average Bonchev–Trinajstić information content (AvgIpc) is 3.12. The maximum absolute atomic E-state index is 12.1. The fourth-order valence-corrected chi connectivity index (χ4v) is 4.43. The molecule has 0 unspecified atom stereocenters. The zero-order valence-corrected chi connectivity index (χ0v) is 16.0. The summed E-state index contributed by atoms with van der Waals surface area (Å²) in [5.74, 6) is 0.119. The number of fused-ring (bicyclic) bond motifs is 2. The molecule has 2 aromatic carbocycles. The molecule has 0 aliphatic rings. The van der Waals surface area contributed by atoms with Gasteiger partial charge in [-0.25, -0.2) is 0 Å². The van der Waals surface area contributed by atoms with Crippen molar-refractivity contribution in [1.82, 2.24) is 9.97 Å². The Balaban J connectivity index is 1.65. The summed E-state index contributed by atoms with van der Waals surface area (Å²) in [5, 5.41) is 2.14. The molecule has 2 N–H and O–H groups in total. The average molecular weight is 397 g/mol. The number of carbonyl (C=O) groups is 1. The van der Waals surface area contributed by atoms with E-state index >= 15 is 0 Å². The Morgan fingerprint density at radius 2 is 1.72 bits per heavy atom. The highest BCUT2D eigenvalue weighted by molar-refractivity contribution is 7.21. The molecule has 0 saturated heterocycles. The number of hydrogen-bond acceptors (Lipinski definition) is 5. The molecule has 1 amide bonds. The first kappa shape index (κ1) is 17.3. The minimum Gasteiger partial charge on any atom is -0.445 e. The summed E-state index contributed by atoms with van der Waals surface area (Å²) in [4.78, 5) is 20.6. The van der Waals surface area contributed by atoms with E-state index in [1.165, 1.54) is 11.3 Å². The smallest absolute Gasteiger partial charge is 0.254 e. The van der Waals surface area contributed by atoms with Crippen LogP contribution >= 0.6 is 11.3 Å². The molecule has 0 aliphatic heterocycles. The van der Waals surface area contributed by atoms with Crippen LogP contribution in [0.25, 0.3) is 32.1 Å². The Morgan fingerprint density at radius 1 is 0.897 bits per heavy atom. The Morgan fingerprint density at radius 3 is 2.55 bits per heavy atom. The molecule has 6 heteroatoms. The number of aromatic nitrogens is 2. The number of thiophene rings is 1. The van der Waals surface area contributed by atoms with Gasteiger partial charge in [-0.15, -0.1) is 0 Å². The van der Waals surface area contributed by atoms with Crippen LogP contribution in [0.3, 0.4) is 0 Å². The Kier molecular flexibility index (Phi) is 4.18. The number of nitrogens with zero attached hydrogens (tertiary/aromatic N) is 2. The number of pyridine rings is 2. The number of ether oxygens (including phenoxy) is 1. The normalized spacial score (nSPS) is 11.0. The fourth-order valence-electron chi connectivity index (χ4n) is 3.36. The third-order valence-electron chi connectivity index (χ3n) is 4.73. The lowest BCUT2D eigenvalue weighted by atomic mass is 10.0. The van der Waals surface area contributed by atoms with Gasteiger partial charge in [-0.3, -0.25) is 14.8 Å². The maximum atomic E-state index is 12.1.